The van der Waals surface area contributed by atoms with Gasteiger partial charge in [0, 0.05) is 24.0 Å². The molecular formula is C12H15BrN2O4. The molecule has 1 rings (SSSR count). The van der Waals surface area contributed by atoms with E-state index >= 15 is 0 Å². The number of benzene rings is 1. The highest BCUT2D eigenvalue weighted by atomic mass is 79.9. The lowest BCUT2D eigenvalue weighted by molar-refractivity contribution is -0.146. The van der Waals surface area contributed by atoms with Gasteiger partial charge in [-0.15, -0.1) is 0 Å². The summed E-state index contributed by atoms with van der Waals surface area (Å²) in [6, 6.07) is 7.08. The molecule has 1 unspecified atom stereocenters. The van der Waals surface area contributed by atoms with Crippen LogP contribution in [0.15, 0.2) is 28.7 Å². The Morgan fingerprint density at radius 2 is 1.95 bits per heavy atom. The third-order valence-corrected chi connectivity index (χ3v) is 3.16. The Balaban J connectivity index is 2.25. The number of halogens is 1. The first-order chi connectivity index (χ1) is 9.00. The number of carboxylic acid groups (broad SMARTS) is 1. The first kappa shape index (κ1) is 15.5. The number of aliphatic hydroxyl groups is 1. The third kappa shape index (κ3) is 5.71. The second kappa shape index (κ2) is 7.75. The zero-order chi connectivity index (χ0) is 14.3. The van der Waals surface area contributed by atoms with E-state index in [2.05, 4.69) is 26.6 Å². The Labute approximate surface area is 118 Å². The van der Waals surface area contributed by atoms with E-state index in [1.807, 2.05) is 24.3 Å². The molecule has 19 heavy (non-hydrogen) atoms. The Morgan fingerprint density at radius 1 is 1.26 bits per heavy atom. The van der Waals surface area contributed by atoms with Gasteiger partial charge in [-0.05, 0) is 11.6 Å². The standard InChI is InChI=1S/C12H15BrN2O4/c13-9-4-2-1-3-8(9)7-15-12(19)14-6-5-10(16)11(17)18/h1-4,10,16H,5-7H2,(H,17,18)(H2,14,15,19). The molecule has 0 aromatic heterocycles. The summed E-state index contributed by atoms with van der Waals surface area (Å²) in [7, 11) is 0. The number of urea groups is 1. The van der Waals surface area contributed by atoms with Crippen molar-refractivity contribution in [2.75, 3.05) is 6.54 Å². The molecule has 104 valence electrons. The van der Waals surface area contributed by atoms with E-state index in [-0.39, 0.29) is 13.0 Å². The fourth-order valence-corrected chi connectivity index (χ4v) is 1.75. The van der Waals surface area contributed by atoms with Crippen LogP contribution in [0.5, 0.6) is 0 Å². The van der Waals surface area contributed by atoms with Gasteiger partial charge in [0.1, 0.15) is 0 Å². The number of rotatable bonds is 6. The smallest absolute Gasteiger partial charge is 0.332 e. The van der Waals surface area contributed by atoms with E-state index in [1.54, 1.807) is 0 Å². The topological polar surface area (TPSA) is 98.7 Å². The van der Waals surface area contributed by atoms with Crippen LogP contribution in [0.25, 0.3) is 0 Å². The molecule has 7 heteroatoms. The zero-order valence-electron chi connectivity index (χ0n) is 10.1. The van der Waals surface area contributed by atoms with E-state index < -0.39 is 18.1 Å². The van der Waals surface area contributed by atoms with Crippen molar-refractivity contribution in [2.24, 2.45) is 0 Å². The van der Waals surface area contributed by atoms with Crippen LogP contribution < -0.4 is 10.6 Å². The quantitative estimate of drug-likeness (QED) is 0.627. The highest BCUT2D eigenvalue weighted by molar-refractivity contribution is 9.10. The number of aliphatic carboxylic acids is 1. The molecule has 4 N–H and O–H groups in total. The van der Waals surface area contributed by atoms with E-state index in [0.29, 0.717) is 6.54 Å². The molecule has 0 heterocycles. The summed E-state index contributed by atoms with van der Waals surface area (Å²) >= 11 is 3.36. The van der Waals surface area contributed by atoms with Crippen molar-refractivity contribution in [3.63, 3.8) is 0 Å². The minimum Gasteiger partial charge on any atom is -0.479 e. The average Bonchev–Trinajstić information content (AvgIpc) is 2.37. The van der Waals surface area contributed by atoms with Gasteiger partial charge in [-0.2, -0.15) is 0 Å². The summed E-state index contributed by atoms with van der Waals surface area (Å²) in [5, 5.41) is 22.6. The number of carbonyl (C=O) groups is 2. The monoisotopic (exact) mass is 330 g/mol. The Morgan fingerprint density at radius 3 is 2.58 bits per heavy atom. The first-order valence-corrected chi connectivity index (χ1v) is 6.46. The molecule has 0 aliphatic heterocycles. The molecule has 1 aromatic rings. The number of aliphatic hydroxyl groups excluding tert-OH is 1. The minimum atomic E-state index is -1.46. The molecule has 0 spiro atoms. The number of nitrogens with one attached hydrogen (secondary N) is 2. The largest absolute Gasteiger partial charge is 0.479 e. The van der Waals surface area contributed by atoms with Crippen LogP contribution in [0.4, 0.5) is 4.79 Å². The summed E-state index contributed by atoms with van der Waals surface area (Å²) in [6.07, 6.45) is -1.49. The van der Waals surface area contributed by atoms with E-state index in [9.17, 15) is 9.59 Å². The molecule has 1 aromatic carbocycles. The number of hydrogen-bond acceptors (Lipinski definition) is 3. The molecule has 2 amide bonds. The van der Waals surface area contributed by atoms with Gasteiger partial charge in [0.25, 0.3) is 0 Å². The van der Waals surface area contributed by atoms with Crippen molar-refractivity contribution >= 4 is 27.9 Å². The number of amides is 2. The van der Waals surface area contributed by atoms with Crippen LogP contribution in [0.3, 0.4) is 0 Å². The first-order valence-electron chi connectivity index (χ1n) is 5.66. The molecule has 0 saturated heterocycles. The molecule has 0 aliphatic rings. The van der Waals surface area contributed by atoms with Gasteiger partial charge in [-0.1, -0.05) is 34.1 Å². The van der Waals surface area contributed by atoms with Crippen LogP contribution in [0, 0.1) is 0 Å². The van der Waals surface area contributed by atoms with Crippen molar-refractivity contribution in [1.82, 2.24) is 10.6 Å². The van der Waals surface area contributed by atoms with Gasteiger partial charge in [0.05, 0.1) is 0 Å². The second-order valence-electron chi connectivity index (χ2n) is 3.84. The van der Waals surface area contributed by atoms with Gasteiger partial charge in [0.15, 0.2) is 6.10 Å². The van der Waals surface area contributed by atoms with Crippen molar-refractivity contribution < 1.29 is 19.8 Å². The average molecular weight is 331 g/mol. The van der Waals surface area contributed by atoms with E-state index in [1.165, 1.54) is 0 Å². The molecule has 0 bridgehead atoms. The third-order valence-electron chi connectivity index (χ3n) is 2.39. The van der Waals surface area contributed by atoms with Gasteiger partial charge in [-0.25, -0.2) is 9.59 Å². The van der Waals surface area contributed by atoms with Gasteiger partial charge < -0.3 is 20.8 Å². The summed E-state index contributed by atoms with van der Waals surface area (Å²) in [5.41, 5.74) is 0.934. The van der Waals surface area contributed by atoms with Crippen molar-refractivity contribution in [3.05, 3.63) is 34.3 Å². The maximum absolute atomic E-state index is 11.4. The predicted octanol–water partition coefficient (Wildman–Crippen LogP) is 1.08. The Bertz CT molecular complexity index is 453. The minimum absolute atomic E-state index is 0.0300. The summed E-state index contributed by atoms with van der Waals surface area (Å²) in [5.74, 6) is -1.30. The predicted molar refractivity (Wildman–Crippen MR) is 72.6 cm³/mol. The highest BCUT2D eigenvalue weighted by Gasteiger charge is 2.12. The van der Waals surface area contributed by atoms with Crippen molar-refractivity contribution in [3.8, 4) is 0 Å². The van der Waals surface area contributed by atoms with E-state index in [0.717, 1.165) is 10.0 Å². The molecule has 6 nitrogen and oxygen atoms in total. The maximum Gasteiger partial charge on any atom is 0.332 e. The molecule has 0 fully saturated rings. The van der Waals surface area contributed by atoms with Crippen LogP contribution in [0.1, 0.15) is 12.0 Å². The molecular weight excluding hydrogens is 316 g/mol. The second-order valence-corrected chi connectivity index (χ2v) is 4.70. The van der Waals surface area contributed by atoms with Crippen molar-refractivity contribution in [1.29, 1.82) is 0 Å². The van der Waals surface area contributed by atoms with Gasteiger partial charge in [0.2, 0.25) is 0 Å². The molecule has 0 saturated carbocycles. The van der Waals surface area contributed by atoms with Crippen LogP contribution in [-0.4, -0.2) is 34.9 Å². The summed E-state index contributed by atoms with van der Waals surface area (Å²) in [6.45, 7) is 0.448. The molecule has 0 radical (unpaired) electrons. The van der Waals surface area contributed by atoms with Crippen molar-refractivity contribution in [2.45, 2.75) is 19.1 Å². The number of hydrogen-bond donors (Lipinski definition) is 4. The van der Waals surface area contributed by atoms with Crippen LogP contribution in [-0.2, 0) is 11.3 Å². The Hall–Kier alpha value is -1.60. The normalized spacial score (nSPS) is 11.7. The molecule has 0 aliphatic carbocycles. The highest BCUT2D eigenvalue weighted by Crippen LogP contribution is 2.15. The maximum atomic E-state index is 11.4. The zero-order valence-corrected chi connectivity index (χ0v) is 11.7. The van der Waals surface area contributed by atoms with Gasteiger partial charge in [-0.3, -0.25) is 0 Å². The fourth-order valence-electron chi connectivity index (χ4n) is 1.33. The molecule has 1 atom stereocenters. The Kier molecular flexibility index (Phi) is 6.31. The lowest BCUT2D eigenvalue weighted by atomic mass is 10.2. The van der Waals surface area contributed by atoms with Crippen LogP contribution in [0.2, 0.25) is 0 Å². The fraction of sp³-hybridized carbons (Fsp3) is 0.333. The number of carboxylic acids is 1. The lowest BCUT2D eigenvalue weighted by Crippen LogP contribution is -2.37. The number of carbonyl (C=O) groups excluding carboxylic acids is 1. The summed E-state index contributed by atoms with van der Waals surface area (Å²) < 4.78 is 0.900. The SMILES string of the molecule is O=C(NCCC(O)C(=O)O)NCc1ccccc1Br. The van der Waals surface area contributed by atoms with Gasteiger partial charge >= 0.3 is 12.0 Å². The van der Waals surface area contributed by atoms with E-state index in [4.69, 9.17) is 10.2 Å². The lowest BCUT2D eigenvalue weighted by Gasteiger charge is -2.09. The van der Waals surface area contributed by atoms with Crippen LogP contribution >= 0.6 is 15.9 Å². The summed E-state index contributed by atoms with van der Waals surface area (Å²) in [4.78, 5) is 21.8.